The van der Waals surface area contributed by atoms with Crippen LogP contribution >= 0.6 is 0 Å². The van der Waals surface area contributed by atoms with E-state index in [9.17, 15) is 9.59 Å². The Kier molecular flexibility index (Phi) is 2.19. The summed E-state index contributed by atoms with van der Waals surface area (Å²) >= 11 is 0. The second kappa shape index (κ2) is 3.38. The summed E-state index contributed by atoms with van der Waals surface area (Å²) in [5, 5.41) is 9.01. The van der Waals surface area contributed by atoms with Crippen molar-refractivity contribution < 1.29 is 14.7 Å². The number of fused-ring (bicyclic) bond motifs is 1. The number of aliphatic carboxylic acids is 1. The Labute approximate surface area is 86.7 Å². The van der Waals surface area contributed by atoms with E-state index in [0.29, 0.717) is 5.56 Å². The topological polar surface area (TPSA) is 80.4 Å². The number of carbonyl (C=O) groups excluding carboxylic acids is 1. The monoisotopic (exact) mass is 205 g/mol. The number of nitrogens with two attached hydrogens (primary N) is 1. The average Bonchev–Trinajstić information content (AvgIpc) is 2.56. The van der Waals surface area contributed by atoms with E-state index in [1.165, 1.54) is 0 Å². The molecule has 1 aliphatic rings. The molecule has 0 fully saturated rings. The summed E-state index contributed by atoms with van der Waals surface area (Å²) in [4.78, 5) is 22.1. The highest BCUT2D eigenvalue weighted by Crippen LogP contribution is 2.41. The maximum absolute atomic E-state index is 11.2. The van der Waals surface area contributed by atoms with Crippen LogP contribution < -0.4 is 5.73 Å². The van der Waals surface area contributed by atoms with Crippen molar-refractivity contribution in [3.05, 3.63) is 35.4 Å². The zero-order chi connectivity index (χ0) is 11.0. The van der Waals surface area contributed by atoms with Crippen LogP contribution in [-0.4, -0.2) is 17.0 Å². The highest BCUT2D eigenvalue weighted by atomic mass is 16.4. The Morgan fingerprint density at radius 1 is 1.20 bits per heavy atom. The summed E-state index contributed by atoms with van der Waals surface area (Å²) in [5.41, 5.74) is 6.72. The number of rotatable bonds is 2. The average molecular weight is 205 g/mol. The van der Waals surface area contributed by atoms with Gasteiger partial charge in [0, 0.05) is 0 Å². The molecule has 0 bridgehead atoms. The predicted molar refractivity (Wildman–Crippen MR) is 53.4 cm³/mol. The fraction of sp³-hybridized carbons (Fsp3) is 0.273. The third-order valence-electron chi connectivity index (χ3n) is 2.86. The van der Waals surface area contributed by atoms with E-state index in [-0.39, 0.29) is 6.42 Å². The minimum Gasteiger partial charge on any atom is -0.481 e. The lowest BCUT2D eigenvalue weighted by molar-refractivity contribution is -0.138. The highest BCUT2D eigenvalue weighted by molar-refractivity contribution is 5.88. The molecule has 1 aliphatic carbocycles. The summed E-state index contributed by atoms with van der Waals surface area (Å²) in [5.74, 6) is -2.40. The van der Waals surface area contributed by atoms with Crippen LogP contribution in [0.2, 0.25) is 0 Å². The van der Waals surface area contributed by atoms with Crippen molar-refractivity contribution in [1.82, 2.24) is 0 Å². The van der Waals surface area contributed by atoms with Gasteiger partial charge in [0.15, 0.2) is 0 Å². The van der Waals surface area contributed by atoms with Crippen molar-refractivity contribution in [3.8, 4) is 0 Å². The van der Waals surface area contributed by atoms with E-state index in [1.54, 1.807) is 24.3 Å². The Morgan fingerprint density at radius 2 is 1.73 bits per heavy atom. The number of amides is 1. The van der Waals surface area contributed by atoms with Crippen LogP contribution in [0.25, 0.3) is 0 Å². The summed E-state index contributed by atoms with van der Waals surface area (Å²) in [7, 11) is 0. The largest absolute Gasteiger partial charge is 0.481 e. The van der Waals surface area contributed by atoms with Gasteiger partial charge in [-0.25, -0.2) is 0 Å². The van der Waals surface area contributed by atoms with Gasteiger partial charge in [0.2, 0.25) is 5.91 Å². The first-order valence-electron chi connectivity index (χ1n) is 4.72. The molecule has 1 aromatic rings. The number of hydrogen-bond donors (Lipinski definition) is 2. The third kappa shape index (κ3) is 1.48. The van der Waals surface area contributed by atoms with Crippen LogP contribution in [0.4, 0.5) is 0 Å². The molecule has 1 aromatic carbocycles. The SMILES string of the molecule is NC(=O)[C@H]1C[C@@H](C(=O)O)c2ccccc21. The summed E-state index contributed by atoms with van der Waals surface area (Å²) in [6.45, 7) is 0. The molecule has 0 saturated carbocycles. The van der Waals surface area contributed by atoms with Crippen LogP contribution in [0.15, 0.2) is 24.3 Å². The maximum atomic E-state index is 11.2. The number of primary amides is 1. The van der Waals surface area contributed by atoms with E-state index in [4.69, 9.17) is 10.8 Å². The molecule has 2 rings (SSSR count). The second-order valence-corrected chi connectivity index (χ2v) is 3.71. The molecule has 0 saturated heterocycles. The van der Waals surface area contributed by atoms with E-state index < -0.39 is 23.7 Å². The number of hydrogen-bond acceptors (Lipinski definition) is 2. The second-order valence-electron chi connectivity index (χ2n) is 3.71. The van der Waals surface area contributed by atoms with Gasteiger partial charge >= 0.3 is 5.97 Å². The number of carboxylic acids is 1. The van der Waals surface area contributed by atoms with Crippen LogP contribution in [-0.2, 0) is 9.59 Å². The molecular formula is C11H11NO3. The summed E-state index contributed by atoms with van der Waals surface area (Å²) in [6, 6.07) is 7.09. The lowest BCUT2D eigenvalue weighted by atomic mass is 10.0. The van der Waals surface area contributed by atoms with Gasteiger partial charge in [-0.3, -0.25) is 9.59 Å². The molecule has 3 N–H and O–H groups in total. The molecule has 2 atom stereocenters. The number of benzene rings is 1. The van der Waals surface area contributed by atoms with E-state index >= 15 is 0 Å². The quantitative estimate of drug-likeness (QED) is 0.750. The molecule has 0 aromatic heterocycles. The molecule has 15 heavy (non-hydrogen) atoms. The van der Waals surface area contributed by atoms with E-state index in [0.717, 1.165) is 5.56 Å². The van der Waals surface area contributed by atoms with Crippen molar-refractivity contribution in [2.75, 3.05) is 0 Å². The van der Waals surface area contributed by atoms with E-state index in [2.05, 4.69) is 0 Å². The molecule has 0 unspecified atom stereocenters. The molecule has 1 amide bonds. The van der Waals surface area contributed by atoms with Crippen LogP contribution in [0.5, 0.6) is 0 Å². The van der Waals surface area contributed by atoms with Gasteiger partial charge in [-0.2, -0.15) is 0 Å². The molecule has 0 spiro atoms. The molecule has 0 aliphatic heterocycles. The van der Waals surface area contributed by atoms with Gasteiger partial charge < -0.3 is 10.8 Å². The molecular weight excluding hydrogens is 194 g/mol. The number of carboxylic acid groups (broad SMARTS) is 1. The Hall–Kier alpha value is -1.84. The standard InChI is InChI=1S/C11H11NO3/c12-10(13)8-5-9(11(14)15)7-4-2-1-3-6(7)8/h1-4,8-9H,5H2,(H2,12,13)(H,14,15)/t8-,9+/m0/s1. The zero-order valence-electron chi connectivity index (χ0n) is 8.01. The van der Waals surface area contributed by atoms with E-state index in [1.807, 2.05) is 0 Å². The van der Waals surface area contributed by atoms with Crippen molar-refractivity contribution in [2.24, 2.45) is 5.73 Å². The first kappa shape index (κ1) is 9.71. The first-order chi connectivity index (χ1) is 7.11. The van der Waals surface area contributed by atoms with Crippen LogP contribution in [0.1, 0.15) is 29.4 Å². The summed E-state index contributed by atoms with van der Waals surface area (Å²) < 4.78 is 0. The molecule has 78 valence electrons. The fourth-order valence-corrected chi connectivity index (χ4v) is 2.14. The zero-order valence-corrected chi connectivity index (χ0v) is 8.01. The normalized spacial score (nSPS) is 23.5. The number of carbonyl (C=O) groups is 2. The molecule has 0 radical (unpaired) electrons. The maximum Gasteiger partial charge on any atom is 0.311 e. The molecule has 4 nitrogen and oxygen atoms in total. The fourth-order valence-electron chi connectivity index (χ4n) is 2.14. The minimum atomic E-state index is -0.897. The lowest BCUT2D eigenvalue weighted by Crippen LogP contribution is -2.20. The minimum absolute atomic E-state index is 0.282. The third-order valence-corrected chi connectivity index (χ3v) is 2.86. The van der Waals surface area contributed by atoms with Crippen LogP contribution in [0.3, 0.4) is 0 Å². The Morgan fingerprint density at radius 3 is 2.20 bits per heavy atom. The smallest absolute Gasteiger partial charge is 0.311 e. The lowest BCUT2D eigenvalue weighted by Gasteiger charge is -2.04. The first-order valence-corrected chi connectivity index (χ1v) is 4.72. The van der Waals surface area contributed by atoms with Gasteiger partial charge in [-0.1, -0.05) is 24.3 Å². The van der Waals surface area contributed by atoms with Gasteiger partial charge in [0.25, 0.3) is 0 Å². The van der Waals surface area contributed by atoms with Crippen molar-refractivity contribution in [1.29, 1.82) is 0 Å². The van der Waals surface area contributed by atoms with Gasteiger partial charge in [0.1, 0.15) is 0 Å². The van der Waals surface area contributed by atoms with Gasteiger partial charge in [0.05, 0.1) is 11.8 Å². The molecule has 0 heterocycles. The summed E-state index contributed by atoms with van der Waals surface area (Å²) in [6.07, 6.45) is 0.282. The van der Waals surface area contributed by atoms with Gasteiger partial charge in [-0.15, -0.1) is 0 Å². The molecule has 4 heteroatoms. The van der Waals surface area contributed by atoms with Gasteiger partial charge in [-0.05, 0) is 17.5 Å². The Bertz CT molecular complexity index is 389. The van der Waals surface area contributed by atoms with Crippen LogP contribution in [0, 0.1) is 0 Å². The van der Waals surface area contributed by atoms with Crippen molar-refractivity contribution in [3.63, 3.8) is 0 Å². The highest BCUT2D eigenvalue weighted by Gasteiger charge is 2.37. The Balaban J connectivity index is 2.48. The predicted octanol–water partition coefficient (Wildman–Crippen LogP) is 0.827. The van der Waals surface area contributed by atoms with Crippen molar-refractivity contribution in [2.45, 2.75) is 18.3 Å². The van der Waals surface area contributed by atoms with Crippen molar-refractivity contribution >= 4 is 11.9 Å².